The summed E-state index contributed by atoms with van der Waals surface area (Å²) in [6.07, 6.45) is 1.06. The summed E-state index contributed by atoms with van der Waals surface area (Å²) in [5.74, 6) is -2.30. The lowest BCUT2D eigenvalue weighted by Gasteiger charge is -2.25. The SMILES string of the molecule is CC(COc1c(F)ccc2c1NC(=NCc1ccccc1S(C)(=O)=O)NS2(=O)=O)c1ccccc1F. The number of guanidine groups is 1. The molecule has 36 heavy (non-hydrogen) atoms. The number of aliphatic imine (C=N–C) groups is 1. The summed E-state index contributed by atoms with van der Waals surface area (Å²) in [6, 6.07) is 14.4. The van der Waals surface area contributed by atoms with Gasteiger partial charge in [0.15, 0.2) is 21.4 Å². The summed E-state index contributed by atoms with van der Waals surface area (Å²) in [7, 11) is -7.68. The highest BCUT2D eigenvalue weighted by molar-refractivity contribution is 7.91. The van der Waals surface area contributed by atoms with E-state index in [2.05, 4.69) is 15.0 Å². The molecule has 0 aromatic heterocycles. The lowest BCUT2D eigenvalue weighted by molar-refractivity contribution is 0.280. The van der Waals surface area contributed by atoms with Crippen LogP contribution in [0.1, 0.15) is 24.0 Å². The fourth-order valence-electron chi connectivity index (χ4n) is 3.75. The Bertz CT molecular complexity index is 1560. The molecule has 0 fully saturated rings. The maximum absolute atomic E-state index is 14.8. The highest BCUT2D eigenvalue weighted by atomic mass is 32.2. The van der Waals surface area contributed by atoms with Gasteiger partial charge in [0.1, 0.15) is 16.4 Å². The molecule has 0 bridgehead atoms. The first-order chi connectivity index (χ1) is 17.0. The number of fused-ring (bicyclic) bond motifs is 1. The van der Waals surface area contributed by atoms with Gasteiger partial charge in [-0.05, 0) is 35.4 Å². The Morgan fingerprint density at radius 1 is 1.00 bits per heavy atom. The third kappa shape index (κ3) is 5.34. The Hall–Kier alpha value is -3.51. The quantitative estimate of drug-likeness (QED) is 0.476. The number of hydrogen-bond acceptors (Lipinski definition) is 6. The molecule has 12 heteroatoms. The third-order valence-electron chi connectivity index (χ3n) is 5.53. The Morgan fingerprint density at radius 2 is 1.69 bits per heavy atom. The van der Waals surface area contributed by atoms with Crippen LogP contribution >= 0.6 is 0 Å². The molecule has 3 aromatic rings. The van der Waals surface area contributed by atoms with Crippen LogP contribution in [0.5, 0.6) is 5.75 Å². The second kappa shape index (κ2) is 9.86. The Morgan fingerprint density at radius 3 is 2.42 bits per heavy atom. The molecule has 2 N–H and O–H groups in total. The van der Waals surface area contributed by atoms with Gasteiger partial charge in [-0.1, -0.05) is 43.3 Å². The molecule has 1 atom stereocenters. The number of ether oxygens (including phenoxy) is 1. The zero-order valence-corrected chi connectivity index (χ0v) is 21.0. The van der Waals surface area contributed by atoms with Gasteiger partial charge in [-0.25, -0.2) is 35.3 Å². The number of nitrogens with zero attached hydrogens (tertiary/aromatic N) is 1. The number of anilines is 1. The number of hydrogen-bond donors (Lipinski definition) is 2. The van der Waals surface area contributed by atoms with Crippen LogP contribution in [-0.2, 0) is 26.4 Å². The van der Waals surface area contributed by atoms with E-state index in [1.165, 1.54) is 12.1 Å². The van der Waals surface area contributed by atoms with E-state index in [9.17, 15) is 25.6 Å². The van der Waals surface area contributed by atoms with Gasteiger partial charge < -0.3 is 10.1 Å². The molecule has 3 aromatic carbocycles. The summed E-state index contributed by atoms with van der Waals surface area (Å²) in [5, 5.41) is 2.74. The van der Waals surface area contributed by atoms with E-state index in [0.29, 0.717) is 11.1 Å². The summed E-state index contributed by atoms with van der Waals surface area (Å²) in [4.78, 5) is 3.97. The normalized spacial score (nSPS) is 16.5. The molecule has 0 radical (unpaired) electrons. The Labute approximate surface area is 208 Å². The zero-order chi connectivity index (χ0) is 26.1. The van der Waals surface area contributed by atoms with E-state index in [1.807, 2.05) is 0 Å². The summed E-state index contributed by atoms with van der Waals surface area (Å²) in [6.45, 7) is 1.40. The van der Waals surface area contributed by atoms with E-state index in [4.69, 9.17) is 4.74 Å². The van der Waals surface area contributed by atoms with Crippen molar-refractivity contribution in [2.75, 3.05) is 18.2 Å². The fourth-order valence-corrected chi connectivity index (χ4v) is 5.83. The van der Waals surface area contributed by atoms with E-state index in [-0.39, 0.29) is 40.3 Å². The second-order valence-corrected chi connectivity index (χ2v) is 11.9. The maximum Gasteiger partial charge on any atom is 0.266 e. The third-order valence-corrected chi connectivity index (χ3v) is 8.11. The van der Waals surface area contributed by atoms with Crippen LogP contribution < -0.4 is 14.8 Å². The molecular weight excluding hydrogens is 512 g/mol. The first-order valence-corrected chi connectivity index (χ1v) is 14.2. The van der Waals surface area contributed by atoms with E-state index in [1.54, 1.807) is 43.3 Å². The highest BCUT2D eigenvalue weighted by Gasteiger charge is 2.31. The topological polar surface area (TPSA) is 114 Å². The molecule has 0 amide bonds. The van der Waals surface area contributed by atoms with Gasteiger partial charge in [0.2, 0.25) is 5.96 Å². The molecule has 1 aliphatic rings. The Kier molecular flexibility index (Phi) is 7.01. The van der Waals surface area contributed by atoms with Crippen molar-refractivity contribution >= 4 is 31.5 Å². The van der Waals surface area contributed by atoms with Crippen LogP contribution in [0, 0.1) is 11.6 Å². The van der Waals surface area contributed by atoms with Gasteiger partial charge in [-0.2, -0.15) is 0 Å². The number of sulfonamides is 1. The van der Waals surface area contributed by atoms with E-state index >= 15 is 0 Å². The van der Waals surface area contributed by atoms with Gasteiger partial charge >= 0.3 is 0 Å². The molecule has 1 unspecified atom stereocenters. The van der Waals surface area contributed by atoms with Crippen LogP contribution in [0.2, 0.25) is 0 Å². The van der Waals surface area contributed by atoms with Crippen molar-refractivity contribution in [1.29, 1.82) is 0 Å². The first-order valence-electron chi connectivity index (χ1n) is 10.8. The predicted molar refractivity (Wildman–Crippen MR) is 131 cm³/mol. The van der Waals surface area contributed by atoms with Gasteiger partial charge in [0.05, 0.1) is 18.0 Å². The van der Waals surface area contributed by atoms with Crippen molar-refractivity contribution in [3.05, 3.63) is 83.4 Å². The largest absolute Gasteiger partial charge is 0.488 e. The van der Waals surface area contributed by atoms with Crippen molar-refractivity contribution in [1.82, 2.24) is 4.72 Å². The minimum Gasteiger partial charge on any atom is -0.488 e. The van der Waals surface area contributed by atoms with Crippen LogP contribution in [0.3, 0.4) is 0 Å². The first kappa shape index (κ1) is 25.6. The smallest absolute Gasteiger partial charge is 0.266 e. The average Bonchev–Trinajstić information content (AvgIpc) is 2.81. The monoisotopic (exact) mass is 535 g/mol. The van der Waals surface area contributed by atoms with Crippen LogP contribution in [0.15, 0.2) is 75.4 Å². The molecule has 4 rings (SSSR count). The minimum absolute atomic E-state index is 0.0608. The van der Waals surface area contributed by atoms with Crippen LogP contribution in [0.25, 0.3) is 0 Å². The van der Waals surface area contributed by atoms with Crippen molar-refractivity contribution in [2.24, 2.45) is 4.99 Å². The van der Waals surface area contributed by atoms with Gasteiger partial charge in [-0.15, -0.1) is 0 Å². The predicted octanol–water partition coefficient (Wildman–Crippen LogP) is 3.81. The van der Waals surface area contributed by atoms with Crippen molar-refractivity contribution in [2.45, 2.75) is 29.2 Å². The maximum atomic E-state index is 14.8. The van der Waals surface area contributed by atoms with Crippen LogP contribution in [-0.4, -0.2) is 35.7 Å². The van der Waals surface area contributed by atoms with Gasteiger partial charge in [-0.3, -0.25) is 0 Å². The van der Waals surface area contributed by atoms with Crippen molar-refractivity contribution in [3.8, 4) is 5.75 Å². The number of nitrogens with one attached hydrogen (secondary N) is 2. The lowest BCUT2D eigenvalue weighted by Crippen LogP contribution is -2.41. The van der Waals surface area contributed by atoms with E-state index < -0.39 is 37.4 Å². The zero-order valence-electron chi connectivity index (χ0n) is 19.3. The van der Waals surface area contributed by atoms with Crippen molar-refractivity contribution < 1.29 is 30.4 Å². The molecular formula is C24H23F2N3O5S2. The lowest BCUT2D eigenvalue weighted by atomic mass is 10.0. The summed E-state index contributed by atoms with van der Waals surface area (Å²) < 4.78 is 86.5. The Balaban J connectivity index is 1.64. The molecule has 0 saturated carbocycles. The number of benzene rings is 3. The molecule has 1 aliphatic heterocycles. The molecule has 0 spiro atoms. The number of halogens is 2. The molecule has 0 saturated heterocycles. The molecule has 190 valence electrons. The van der Waals surface area contributed by atoms with Gasteiger partial charge in [0.25, 0.3) is 10.0 Å². The number of rotatable bonds is 7. The fraction of sp³-hybridized carbons (Fsp3) is 0.208. The highest BCUT2D eigenvalue weighted by Crippen LogP contribution is 2.37. The number of sulfone groups is 1. The van der Waals surface area contributed by atoms with Crippen molar-refractivity contribution in [3.63, 3.8) is 0 Å². The van der Waals surface area contributed by atoms with Crippen LogP contribution in [0.4, 0.5) is 14.5 Å². The average molecular weight is 536 g/mol. The standard InChI is InChI=1S/C24H23F2N3O5S2/c1-15(17-8-4-5-9-18(17)25)14-34-23-19(26)11-12-21-22(23)28-24(29-36(21,32)33)27-13-16-7-3-6-10-20(16)35(2,30)31/h3-12,15H,13-14H2,1-2H3,(H2,27,28,29). The minimum atomic E-state index is -4.14. The summed E-state index contributed by atoms with van der Waals surface area (Å²) in [5.41, 5.74) is 0.565. The molecule has 1 heterocycles. The molecule has 0 aliphatic carbocycles. The van der Waals surface area contributed by atoms with E-state index in [0.717, 1.165) is 18.4 Å². The van der Waals surface area contributed by atoms with Gasteiger partial charge in [0, 0.05) is 12.2 Å². The second-order valence-electron chi connectivity index (χ2n) is 8.26. The molecule has 8 nitrogen and oxygen atoms in total. The summed E-state index contributed by atoms with van der Waals surface area (Å²) >= 11 is 0.